The summed E-state index contributed by atoms with van der Waals surface area (Å²) in [5.41, 5.74) is 2.02. The Hall–Kier alpha value is -3.18. The van der Waals surface area contributed by atoms with Gasteiger partial charge < -0.3 is 9.72 Å². The Bertz CT molecular complexity index is 1050. The van der Waals surface area contributed by atoms with Crippen LogP contribution in [0.4, 0.5) is 0 Å². The van der Waals surface area contributed by atoms with Crippen LogP contribution in [0.1, 0.15) is 31.7 Å². The second kappa shape index (κ2) is 6.98. The lowest BCUT2D eigenvalue weighted by molar-refractivity contribution is 0.0285. The fourth-order valence-electron chi connectivity index (χ4n) is 2.88. The van der Waals surface area contributed by atoms with Gasteiger partial charge in [0.05, 0.1) is 0 Å². The Morgan fingerprint density at radius 3 is 2.46 bits per heavy atom. The number of hydrogen-bond donors (Lipinski definition) is 1. The highest BCUT2D eigenvalue weighted by molar-refractivity contribution is 7.11. The van der Waals surface area contributed by atoms with Gasteiger partial charge >= 0.3 is 5.97 Å². The fraction of sp³-hybridized carbons (Fsp3) is 0.0476. The number of Topliss-reactive ketones (excluding diaryl/α,β-unsaturated/α-hetero) is 1. The van der Waals surface area contributed by atoms with Gasteiger partial charge in [-0.15, -0.1) is 11.3 Å². The quantitative estimate of drug-likeness (QED) is 0.401. The van der Waals surface area contributed by atoms with Crippen molar-refractivity contribution in [1.82, 2.24) is 4.98 Å². The lowest BCUT2D eigenvalue weighted by Crippen LogP contribution is -2.19. The predicted octanol–water partition coefficient (Wildman–Crippen LogP) is 5.01. The summed E-state index contributed by atoms with van der Waals surface area (Å²) in [6.07, 6.45) is 0.673. The Morgan fingerprint density at radius 1 is 0.923 bits per heavy atom. The SMILES string of the molecule is O=C(OC(C(=O)c1c[nH]c2ccccc12)c1ccccc1)c1cccs1. The highest BCUT2D eigenvalue weighted by atomic mass is 32.1. The van der Waals surface area contributed by atoms with E-state index in [9.17, 15) is 9.59 Å². The molecule has 4 nitrogen and oxygen atoms in total. The number of carbonyl (C=O) groups is 2. The molecule has 2 aromatic carbocycles. The Labute approximate surface area is 154 Å². The molecule has 1 atom stereocenters. The molecule has 0 fully saturated rings. The molecule has 128 valence electrons. The predicted molar refractivity (Wildman–Crippen MR) is 102 cm³/mol. The van der Waals surface area contributed by atoms with Crippen molar-refractivity contribution in [3.8, 4) is 0 Å². The van der Waals surface area contributed by atoms with E-state index in [0.717, 1.165) is 10.9 Å². The van der Waals surface area contributed by atoms with E-state index in [1.54, 1.807) is 35.8 Å². The zero-order valence-electron chi connectivity index (χ0n) is 13.7. The molecule has 2 heterocycles. The first-order valence-electron chi connectivity index (χ1n) is 8.14. The van der Waals surface area contributed by atoms with E-state index in [1.165, 1.54) is 11.3 Å². The molecule has 0 bridgehead atoms. The van der Waals surface area contributed by atoms with Crippen LogP contribution in [0.15, 0.2) is 78.3 Å². The molecule has 0 radical (unpaired) electrons. The summed E-state index contributed by atoms with van der Waals surface area (Å²) in [6, 6.07) is 20.1. The fourth-order valence-corrected chi connectivity index (χ4v) is 3.48. The molecule has 4 aromatic rings. The summed E-state index contributed by atoms with van der Waals surface area (Å²) >= 11 is 1.29. The van der Waals surface area contributed by atoms with Gasteiger partial charge in [0, 0.05) is 28.2 Å². The maximum absolute atomic E-state index is 13.2. The monoisotopic (exact) mass is 361 g/mol. The first-order valence-corrected chi connectivity index (χ1v) is 9.02. The van der Waals surface area contributed by atoms with Gasteiger partial charge in [0.2, 0.25) is 5.78 Å². The van der Waals surface area contributed by atoms with Gasteiger partial charge in [-0.2, -0.15) is 0 Å². The van der Waals surface area contributed by atoms with Crippen molar-refractivity contribution >= 4 is 34.0 Å². The second-order valence-electron chi connectivity index (χ2n) is 5.79. The summed E-state index contributed by atoms with van der Waals surface area (Å²) < 4.78 is 5.62. The van der Waals surface area contributed by atoms with Crippen LogP contribution in [0.2, 0.25) is 0 Å². The van der Waals surface area contributed by atoms with E-state index in [-0.39, 0.29) is 5.78 Å². The van der Waals surface area contributed by atoms with Gasteiger partial charge in [0.15, 0.2) is 6.10 Å². The smallest absolute Gasteiger partial charge is 0.349 e. The topological polar surface area (TPSA) is 59.2 Å². The number of carbonyl (C=O) groups excluding carboxylic acids is 2. The molecule has 0 aliphatic heterocycles. The number of nitrogens with one attached hydrogen (secondary N) is 1. The zero-order valence-corrected chi connectivity index (χ0v) is 14.5. The maximum Gasteiger partial charge on any atom is 0.349 e. The van der Waals surface area contributed by atoms with Gasteiger partial charge in [0.25, 0.3) is 0 Å². The van der Waals surface area contributed by atoms with E-state index in [0.29, 0.717) is 16.0 Å². The minimum Gasteiger partial charge on any atom is -0.445 e. The van der Waals surface area contributed by atoms with E-state index >= 15 is 0 Å². The second-order valence-corrected chi connectivity index (χ2v) is 6.73. The standard InChI is InChI=1S/C21H15NO3S/c23-19(16-13-22-17-10-5-4-9-15(16)17)20(14-7-2-1-3-8-14)25-21(24)18-11-6-12-26-18/h1-13,20,22H. The molecule has 4 rings (SSSR count). The number of esters is 1. The van der Waals surface area contributed by atoms with Crippen LogP contribution in [0.3, 0.4) is 0 Å². The van der Waals surface area contributed by atoms with Crippen molar-refractivity contribution in [3.05, 3.63) is 94.3 Å². The summed E-state index contributed by atoms with van der Waals surface area (Å²) in [4.78, 5) is 29.3. The molecule has 2 aromatic heterocycles. The normalized spacial score (nSPS) is 12.0. The molecular formula is C21H15NO3S. The number of H-pyrrole nitrogens is 1. The number of aromatic nitrogens is 1. The van der Waals surface area contributed by atoms with Gasteiger partial charge in [-0.05, 0) is 17.5 Å². The third-order valence-electron chi connectivity index (χ3n) is 4.14. The zero-order chi connectivity index (χ0) is 17.9. The first kappa shape index (κ1) is 16.3. The molecule has 0 aliphatic carbocycles. The molecule has 1 unspecified atom stereocenters. The van der Waals surface area contributed by atoms with E-state index in [2.05, 4.69) is 4.98 Å². The van der Waals surface area contributed by atoms with Crippen molar-refractivity contribution in [2.24, 2.45) is 0 Å². The molecule has 26 heavy (non-hydrogen) atoms. The van der Waals surface area contributed by atoms with Crippen LogP contribution < -0.4 is 0 Å². The van der Waals surface area contributed by atoms with Crippen LogP contribution in [0.5, 0.6) is 0 Å². The summed E-state index contributed by atoms with van der Waals surface area (Å²) in [6.45, 7) is 0. The van der Waals surface area contributed by atoms with Crippen molar-refractivity contribution in [2.75, 3.05) is 0 Å². The minimum absolute atomic E-state index is 0.251. The number of para-hydroxylation sites is 1. The van der Waals surface area contributed by atoms with Gasteiger partial charge in [-0.25, -0.2) is 4.79 Å². The Kier molecular flexibility index (Phi) is 4.37. The summed E-state index contributed by atoms with van der Waals surface area (Å²) in [5, 5.41) is 2.61. The largest absolute Gasteiger partial charge is 0.445 e. The van der Waals surface area contributed by atoms with Gasteiger partial charge in [-0.1, -0.05) is 54.6 Å². The third-order valence-corrected chi connectivity index (χ3v) is 4.99. The number of ketones is 1. The van der Waals surface area contributed by atoms with Crippen molar-refractivity contribution in [2.45, 2.75) is 6.10 Å². The van der Waals surface area contributed by atoms with Gasteiger partial charge in [0.1, 0.15) is 4.88 Å². The number of hydrogen-bond acceptors (Lipinski definition) is 4. The molecule has 0 spiro atoms. The number of rotatable bonds is 5. The lowest BCUT2D eigenvalue weighted by atomic mass is 9.99. The molecule has 5 heteroatoms. The lowest BCUT2D eigenvalue weighted by Gasteiger charge is -2.16. The summed E-state index contributed by atoms with van der Waals surface area (Å²) in [7, 11) is 0. The van der Waals surface area contributed by atoms with Crippen molar-refractivity contribution in [1.29, 1.82) is 0 Å². The van der Waals surface area contributed by atoms with E-state index in [4.69, 9.17) is 4.74 Å². The average molecular weight is 361 g/mol. The van der Waals surface area contributed by atoms with E-state index < -0.39 is 12.1 Å². The molecule has 1 N–H and O–H groups in total. The van der Waals surface area contributed by atoms with Crippen molar-refractivity contribution in [3.63, 3.8) is 0 Å². The molecule has 0 aliphatic rings. The van der Waals surface area contributed by atoms with Crippen LogP contribution in [-0.4, -0.2) is 16.7 Å². The number of benzene rings is 2. The van der Waals surface area contributed by atoms with E-state index in [1.807, 2.05) is 42.5 Å². The third kappa shape index (κ3) is 3.05. The Morgan fingerprint density at radius 2 is 1.69 bits per heavy atom. The molecule has 0 saturated heterocycles. The van der Waals surface area contributed by atoms with Crippen LogP contribution in [-0.2, 0) is 4.74 Å². The molecular weight excluding hydrogens is 346 g/mol. The highest BCUT2D eigenvalue weighted by Gasteiger charge is 2.28. The van der Waals surface area contributed by atoms with Crippen LogP contribution >= 0.6 is 11.3 Å². The number of aromatic amines is 1. The Balaban J connectivity index is 1.73. The van der Waals surface area contributed by atoms with Crippen LogP contribution in [0, 0.1) is 0 Å². The number of fused-ring (bicyclic) bond motifs is 1. The minimum atomic E-state index is -0.995. The first-order chi connectivity index (χ1) is 12.7. The van der Waals surface area contributed by atoms with Crippen molar-refractivity contribution < 1.29 is 14.3 Å². The maximum atomic E-state index is 13.2. The molecule has 0 saturated carbocycles. The summed E-state index contributed by atoms with van der Waals surface area (Å²) in [5.74, 6) is -0.749. The highest BCUT2D eigenvalue weighted by Crippen LogP contribution is 2.28. The molecule has 0 amide bonds. The average Bonchev–Trinajstić information content (AvgIpc) is 3.36. The number of ether oxygens (including phenoxy) is 1. The number of thiophene rings is 1. The van der Waals surface area contributed by atoms with Gasteiger partial charge in [-0.3, -0.25) is 4.79 Å². The van der Waals surface area contributed by atoms with Crippen LogP contribution in [0.25, 0.3) is 10.9 Å².